The van der Waals surface area contributed by atoms with Crippen LogP contribution in [0, 0.1) is 0 Å². The summed E-state index contributed by atoms with van der Waals surface area (Å²) in [6.07, 6.45) is -0.489. The molecule has 2 N–H and O–H groups in total. The molecule has 0 aromatic heterocycles. The first kappa shape index (κ1) is 16.2. The fraction of sp³-hybridized carbons (Fsp3) is 0.625. The molecular weight excluding hydrogens is 266 g/mol. The molecule has 5 nitrogen and oxygen atoms in total. The summed E-state index contributed by atoms with van der Waals surface area (Å²) in [5.41, 5.74) is 0. The maximum atomic E-state index is 9.95. The van der Waals surface area contributed by atoms with Crippen molar-refractivity contribution in [3.05, 3.63) is 30.3 Å². The molecule has 0 amide bonds. The summed E-state index contributed by atoms with van der Waals surface area (Å²) in [4.78, 5) is 4.72. The summed E-state index contributed by atoms with van der Waals surface area (Å²) in [5.74, 6) is 0.796. The normalized spacial score (nSPS) is 22.1. The van der Waals surface area contributed by atoms with Gasteiger partial charge in [-0.15, -0.1) is 0 Å². The number of piperazine rings is 1. The molecule has 1 saturated heterocycles. The second kappa shape index (κ2) is 8.34. The van der Waals surface area contributed by atoms with Crippen LogP contribution < -0.4 is 10.1 Å². The maximum Gasteiger partial charge on any atom is 0.119 e. The van der Waals surface area contributed by atoms with E-state index in [4.69, 9.17) is 4.74 Å². The Morgan fingerprint density at radius 1 is 1.29 bits per heavy atom. The lowest BCUT2D eigenvalue weighted by atomic mass is 10.2. The Morgan fingerprint density at radius 2 is 2.05 bits per heavy atom. The molecule has 1 heterocycles. The number of hydrogen-bond acceptors (Lipinski definition) is 5. The molecule has 0 radical (unpaired) electrons. The van der Waals surface area contributed by atoms with E-state index in [-0.39, 0.29) is 0 Å². The first-order valence-electron chi connectivity index (χ1n) is 7.60. The molecule has 5 heteroatoms. The average molecular weight is 293 g/mol. The third kappa shape index (κ3) is 5.63. The number of likely N-dealkylation sites (N-methyl/N-ethyl adjacent to an activating group) is 2. The van der Waals surface area contributed by atoms with Crippen molar-refractivity contribution in [2.75, 3.05) is 53.4 Å². The Morgan fingerprint density at radius 3 is 2.81 bits per heavy atom. The number of aliphatic hydroxyl groups excluding tert-OH is 1. The molecule has 0 aliphatic carbocycles. The molecule has 1 fully saturated rings. The third-order valence-electron chi connectivity index (χ3n) is 3.93. The van der Waals surface area contributed by atoms with Crippen LogP contribution in [0.15, 0.2) is 30.3 Å². The highest BCUT2D eigenvalue weighted by molar-refractivity contribution is 5.20. The van der Waals surface area contributed by atoms with Gasteiger partial charge in [-0.25, -0.2) is 0 Å². The van der Waals surface area contributed by atoms with Gasteiger partial charge in [-0.2, -0.15) is 0 Å². The highest BCUT2D eigenvalue weighted by Gasteiger charge is 2.21. The number of nitrogens with one attached hydrogen (secondary N) is 1. The van der Waals surface area contributed by atoms with Crippen LogP contribution in [0.25, 0.3) is 0 Å². The van der Waals surface area contributed by atoms with Crippen LogP contribution >= 0.6 is 0 Å². The number of para-hydroxylation sites is 1. The van der Waals surface area contributed by atoms with E-state index < -0.39 is 6.10 Å². The molecule has 21 heavy (non-hydrogen) atoms. The van der Waals surface area contributed by atoms with Crippen molar-refractivity contribution >= 4 is 0 Å². The summed E-state index contributed by atoms with van der Waals surface area (Å²) in [6.45, 7) is 5.06. The zero-order valence-corrected chi connectivity index (χ0v) is 13.0. The van der Waals surface area contributed by atoms with Crippen molar-refractivity contribution in [2.45, 2.75) is 12.1 Å². The van der Waals surface area contributed by atoms with E-state index in [2.05, 4.69) is 29.2 Å². The highest BCUT2D eigenvalue weighted by Crippen LogP contribution is 2.08. The van der Waals surface area contributed by atoms with Crippen LogP contribution in [-0.4, -0.2) is 80.5 Å². The van der Waals surface area contributed by atoms with Crippen LogP contribution in [0.4, 0.5) is 0 Å². The number of ether oxygens (including phenoxy) is 1. The van der Waals surface area contributed by atoms with Crippen LogP contribution in [0.3, 0.4) is 0 Å². The Bertz CT molecular complexity index is 402. The predicted octanol–water partition coefficient (Wildman–Crippen LogP) is 0.262. The lowest BCUT2D eigenvalue weighted by molar-refractivity contribution is 0.0916. The van der Waals surface area contributed by atoms with Gasteiger partial charge in [0.2, 0.25) is 0 Å². The van der Waals surface area contributed by atoms with Gasteiger partial charge in [0.15, 0.2) is 0 Å². The van der Waals surface area contributed by atoms with Gasteiger partial charge in [0.05, 0.1) is 0 Å². The van der Waals surface area contributed by atoms with Crippen molar-refractivity contribution in [3.63, 3.8) is 0 Å². The van der Waals surface area contributed by atoms with E-state index in [0.29, 0.717) is 19.2 Å². The zero-order chi connectivity index (χ0) is 15.1. The largest absolute Gasteiger partial charge is 0.491 e. The quantitative estimate of drug-likeness (QED) is 0.755. The van der Waals surface area contributed by atoms with Gasteiger partial charge in [0.25, 0.3) is 0 Å². The standard InChI is InChI=1S/C16H27N3O2/c1-18-8-9-19(2)14(12-18)10-17-11-15(20)13-21-16-6-4-3-5-7-16/h3-7,14-15,17,20H,8-13H2,1-2H3. The smallest absolute Gasteiger partial charge is 0.119 e. The molecule has 1 aromatic rings. The molecule has 118 valence electrons. The molecule has 1 aliphatic heterocycles. The first-order valence-corrected chi connectivity index (χ1v) is 7.60. The average Bonchev–Trinajstić information content (AvgIpc) is 2.50. The van der Waals surface area contributed by atoms with Gasteiger partial charge in [0, 0.05) is 38.8 Å². The van der Waals surface area contributed by atoms with E-state index in [1.807, 2.05) is 30.3 Å². The molecule has 2 unspecified atom stereocenters. The van der Waals surface area contributed by atoms with Gasteiger partial charge in [-0.1, -0.05) is 18.2 Å². The Hall–Kier alpha value is -1.14. The van der Waals surface area contributed by atoms with Crippen LogP contribution in [0.1, 0.15) is 0 Å². The van der Waals surface area contributed by atoms with Gasteiger partial charge in [-0.3, -0.25) is 4.90 Å². The Kier molecular flexibility index (Phi) is 6.45. The minimum atomic E-state index is -0.489. The molecule has 0 spiro atoms. The summed E-state index contributed by atoms with van der Waals surface area (Å²) in [7, 11) is 4.32. The Labute approximate surface area is 127 Å². The number of rotatable bonds is 7. The van der Waals surface area contributed by atoms with Crippen LogP contribution in [0.2, 0.25) is 0 Å². The SMILES string of the molecule is CN1CCN(C)C(CNCC(O)COc2ccccc2)C1. The fourth-order valence-electron chi connectivity index (χ4n) is 2.51. The minimum Gasteiger partial charge on any atom is -0.491 e. The highest BCUT2D eigenvalue weighted by atomic mass is 16.5. The number of nitrogens with zero attached hydrogens (tertiary/aromatic N) is 2. The molecule has 0 saturated carbocycles. The lowest BCUT2D eigenvalue weighted by Gasteiger charge is -2.37. The predicted molar refractivity (Wildman–Crippen MR) is 84.7 cm³/mol. The fourth-order valence-corrected chi connectivity index (χ4v) is 2.51. The van der Waals surface area contributed by atoms with Gasteiger partial charge in [-0.05, 0) is 26.2 Å². The molecule has 1 aromatic carbocycles. The van der Waals surface area contributed by atoms with E-state index in [1.165, 1.54) is 0 Å². The van der Waals surface area contributed by atoms with Gasteiger partial charge >= 0.3 is 0 Å². The monoisotopic (exact) mass is 293 g/mol. The van der Waals surface area contributed by atoms with Gasteiger partial charge < -0.3 is 20.1 Å². The summed E-state index contributed by atoms with van der Waals surface area (Å²) in [5, 5.41) is 13.3. The van der Waals surface area contributed by atoms with E-state index in [0.717, 1.165) is 31.9 Å². The number of benzene rings is 1. The zero-order valence-electron chi connectivity index (χ0n) is 13.0. The van der Waals surface area contributed by atoms with Crippen molar-refractivity contribution < 1.29 is 9.84 Å². The summed E-state index contributed by atoms with van der Waals surface area (Å²) < 4.78 is 5.54. The first-order chi connectivity index (χ1) is 10.1. The topological polar surface area (TPSA) is 48.0 Å². The number of hydrogen-bond donors (Lipinski definition) is 2. The summed E-state index contributed by atoms with van der Waals surface area (Å²) in [6, 6.07) is 10.1. The van der Waals surface area contributed by atoms with E-state index >= 15 is 0 Å². The van der Waals surface area contributed by atoms with Crippen molar-refractivity contribution in [1.82, 2.24) is 15.1 Å². The van der Waals surface area contributed by atoms with Gasteiger partial charge in [0.1, 0.15) is 18.5 Å². The van der Waals surface area contributed by atoms with Crippen molar-refractivity contribution in [3.8, 4) is 5.75 Å². The molecular formula is C16H27N3O2. The summed E-state index contributed by atoms with van der Waals surface area (Å²) >= 11 is 0. The lowest BCUT2D eigenvalue weighted by Crippen LogP contribution is -2.54. The van der Waals surface area contributed by atoms with Crippen molar-refractivity contribution in [1.29, 1.82) is 0 Å². The maximum absolute atomic E-state index is 9.95. The minimum absolute atomic E-state index is 0.317. The van der Waals surface area contributed by atoms with E-state index in [9.17, 15) is 5.11 Å². The Balaban J connectivity index is 1.61. The van der Waals surface area contributed by atoms with Crippen LogP contribution in [0.5, 0.6) is 5.75 Å². The second-order valence-corrected chi connectivity index (χ2v) is 5.83. The van der Waals surface area contributed by atoms with Crippen LogP contribution in [-0.2, 0) is 0 Å². The molecule has 1 aliphatic rings. The second-order valence-electron chi connectivity index (χ2n) is 5.83. The molecule has 2 atom stereocenters. The molecule has 0 bridgehead atoms. The van der Waals surface area contributed by atoms with Crippen molar-refractivity contribution in [2.24, 2.45) is 0 Å². The van der Waals surface area contributed by atoms with E-state index in [1.54, 1.807) is 0 Å². The molecule has 2 rings (SSSR count). The number of aliphatic hydroxyl groups is 1. The third-order valence-corrected chi connectivity index (χ3v) is 3.93.